The molecular formula is C14H19ClN2O2. The zero-order chi connectivity index (χ0) is 13.7. The quantitative estimate of drug-likeness (QED) is 0.774. The van der Waals surface area contributed by atoms with Gasteiger partial charge in [0, 0.05) is 12.6 Å². The number of amides is 1. The zero-order valence-electron chi connectivity index (χ0n) is 10.7. The van der Waals surface area contributed by atoms with Crippen LogP contribution in [0.25, 0.3) is 0 Å². The average Bonchev–Trinajstić information content (AvgIpc) is 2.86. The van der Waals surface area contributed by atoms with E-state index in [0.717, 1.165) is 19.3 Å². The molecule has 4 nitrogen and oxygen atoms in total. The van der Waals surface area contributed by atoms with Gasteiger partial charge in [0.15, 0.2) is 0 Å². The van der Waals surface area contributed by atoms with Crippen LogP contribution in [0.5, 0.6) is 0 Å². The fraction of sp³-hybridized carbons (Fsp3) is 0.500. The van der Waals surface area contributed by atoms with Crippen molar-refractivity contribution in [1.29, 1.82) is 0 Å². The van der Waals surface area contributed by atoms with Crippen molar-refractivity contribution in [2.24, 2.45) is 5.92 Å². The van der Waals surface area contributed by atoms with Crippen molar-refractivity contribution in [3.63, 3.8) is 0 Å². The summed E-state index contributed by atoms with van der Waals surface area (Å²) in [6.45, 7) is 0.427. The summed E-state index contributed by atoms with van der Waals surface area (Å²) in [4.78, 5) is 11.8. The molecular weight excluding hydrogens is 264 g/mol. The van der Waals surface area contributed by atoms with Gasteiger partial charge in [0.2, 0.25) is 5.91 Å². The van der Waals surface area contributed by atoms with Gasteiger partial charge in [0.1, 0.15) is 0 Å². The average molecular weight is 283 g/mol. The van der Waals surface area contributed by atoms with Gasteiger partial charge in [-0.15, -0.1) is 0 Å². The third kappa shape index (κ3) is 3.93. The summed E-state index contributed by atoms with van der Waals surface area (Å²) in [5.41, 5.74) is 0.626. The summed E-state index contributed by atoms with van der Waals surface area (Å²) in [5, 5.41) is 15.7. The second-order valence-electron chi connectivity index (χ2n) is 4.89. The molecule has 0 spiro atoms. The van der Waals surface area contributed by atoms with E-state index in [2.05, 4.69) is 10.6 Å². The Kier molecular flexibility index (Phi) is 5.19. The van der Waals surface area contributed by atoms with Crippen LogP contribution in [-0.2, 0) is 4.79 Å². The van der Waals surface area contributed by atoms with Gasteiger partial charge in [-0.1, -0.05) is 30.2 Å². The van der Waals surface area contributed by atoms with Crippen molar-refractivity contribution in [3.8, 4) is 0 Å². The molecule has 0 saturated heterocycles. The summed E-state index contributed by atoms with van der Waals surface area (Å²) in [6.07, 6.45) is 3.15. The molecule has 19 heavy (non-hydrogen) atoms. The maximum Gasteiger partial charge on any atom is 0.238 e. The summed E-state index contributed by atoms with van der Waals surface area (Å²) in [5.74, 6) is 0.157. The lowest BCUT2D eigenvalue weighted by molar-refractivity contribution is -0.115. The van der Waals surface area contributed by atoms with Gasteiger partial charge in [-0.05, 0) is 30.9 Å². The maximum atomic E-state index is 11.8. The molecule has 2 rings (SSSR count). The number of aliphatic hydroxyl groups is 1. The van der Waals surface area contributed by atoms with Crippen molar-refractivity contribution in [3.05, 3.63) is 29.3 Å². The van der Waals surface area contributed by atoms with Crippen LogP contribution in [0.4, 0.5) is 5.69 Å². The van der Waals surface area contributed by atoms with Crippen LogP contribution in [-0.4, -0.2) is 30.2 Å². The fourth-order valence-corrected chi connectivity index (χ4v) is 2.69. The summed E-state index contributed by atoms with van der Waals surface area (Å²) in [7, 11) is 0. The first kappa shape index (κ1) is 14.3. The van der Waals surface area contributed by atoms with Crippen molar-refractivity contribution in [1.82, 2.24) is 5.32 Å². The van der Waals surface area contributed by atoms with Gasteiger partial charge in [0.05, 0.1) is 17.3 Å². The normalized spacial score (nSPS) is 22.4. The van der Waals surface area contributed by atoms with E-state index in [4.69, 9.17) is 11.6 Å². The predicted octanol–water partition coefficient (Wildman–Crippen LogP) is 2.03. The lowest BCUT2D eigenvalue weighted by Gasteiger charge is -2.18. The second kappa shape index (κ2) is 6.89. The SMILES string of the molecule is O=C(CNC1CCCC1CO)Nc1ccccc1Cl. The largest absolute Gasteiger partial charge is 0.396 e. The van der Waals surface area contributed by atoms with Crippen LogP contribution >= 0.6 is 11.6 Å². The molecule has 0 bridgehead atoms. The van der Waals surface area contributed by atoms with E-state index < -0.39 is 0 Å². The van der Waals surface area contributed by atoms with Gasteiger partial charge < -0.3 is 15.7 Å². The number of halogens is 1. The number of hydrogen-bond acceptors (Lipinski definition) is 3. The molecule has 0 radical (unpaired) electrons. The van der Waals surface area contributed by atoms with Crippen LogP contribution in [0.3, 0.4) is 0 Å². The topological polar surface area (TPSA) is 61.4 Å². The lowest BCUT2D eigenvalue weighted by Crippen LogP contribution is -2.39. The molecule has 5 heteroatoms. The van der Waals surface area contributed by atoms with E-state index in [9.17, 15) is 9.90 Å². The highest BCUT2D eigenvalue weighted by Crippen LogP contribution is 2.25. The van der Waals surface area contributed by atoms with E-state index >= 15 is 0 Å². The molecule has 0 aliphatic heterocycles. The van der Waals surface area contributed by atoms with Crippen molar-refractivity contribution in [2.45, 2.75) is 25.3 Å². The third-order valence-corrected chi connectivity index (χ3v) is 3.90. The summed E-state index contributed by atoms with van der Waals surface area (Å²) < 4.78 is 0. The highest BCUT2D eigenvalue weighted by Gasteiger charge is 2.26. The van der Waals surface area contributed by atoms with Gasteiger partial charge in [-0.3, -0.25) is 4.79 Å². The van der Waals surface area contributed by atoms with Crippen LogP contribution in [0.15, 0.2) is 24.3 Å². The monoisotopic (exact) mass is 282 g/mol. The first-order valence-corrected chi connectivity index (χ1v) is 6.97. The van der Waals surface area contributed by atoms with Crippen LogP contribution in [0.2, 0.25) is 5.02 Å². The molecule has 1 aliphatic carbocycles. The highest BCUT2D eigenvalue weighted by atomic mass is 35.5. The van der Waals surface area contributed by atoms with Crippen LogP contribution in [0.1, 0.15) is 19.3 Å². The Morgan fingerprint density at radius 1 is 1.37 bits per heavy atom. The standard InChI is InChI=1S/C14H19ClN2O2/c15-11-5-1-2-6-13(11)17-14(19)8-16-12-7-3-4-10(12)9-18/h1-2,5-6,10,12,16,18H,3-4,7-9H2,(H,17,19). The van der Waals surface area contributed by atoms with E-state index in [0.29, 0.717) is 10.7 Å². The zero-order valence-corrected chi connectivity index (χ0v) is 11.5. The Morgan fingerprint density at radius 3 is 2.89 bits per heavy atom. The molecule has 1 aliphatic rings. The fourth-order valence-electron chi connectivity index (χ4n) is 2.50. The Bertz CT molecular complexity index is 439. The van der Waals surface area contributed by atoms with Gasteiger partial charge >= 0.3 is 0 Å². The molecule has 2 atom stereocenters. The minimum Gasteiger partial charge on any atom is -0.396 e. The first-order valence-electron chi connectivity index (χ1n) is 6.59. The van der Waals surface area contributed by atoms with Gasteiger partial charge in [-0.25, -0.2) is 0 Å². The Balaban J connectivity index is 1.80. The van der Waals surface area contributed by atoms with Crippen LogP contribution < -0.4 is 10.6 Å². The smallest absolute Gasteiger partial charge is 0.238 e. The number of nitrogens with one attached hydrogen (secondary N) is 2. The van der Waals surface area contributed by atoms with E-state index in [1.54, 1.807) is 12.1 Å². The molecule has 3 N–H and O–H groups in total. The van der Waals surface area contributed by atoms with Crippen molar-refractivity contribution >= 4 is 23.2 Å². The molecule has 1 amide bonds. The van der Waals surface area contributed by atoms with E-state index in [1.165, 1.54) is 0 Å². The highest BCUT2D eigenvalue weighted by molar-refractivity contribution is 6.33. The number of anilines is 1. The Hall–Kier alpha value is -1.10. The number of benzene rings is 1. The third-order valence-electron chi connectivity index (χ3n) is 3.57. The number of carbonyl (C=O) groups excluding carboxylic acids is 1. The minimum atomic E-state index is -0.114. The molecule has 1 aromatic rings. The Morgan fingerprint density at radius 2 is 2.16 bits per heavy atom. The molecule has 0 heterocycles. The van der Waals surface area contributed by atoms with Gasteiger partial charge in [-0.2, -0.15) is 0 Å². The van der Waals surface area contributed by atoms with Gasteiger partial charge in [0.25, 0.3) is 0 Å². The Labute approximate surface area is 118 Å². The number of aliphatic hydroxyl groups excluding tert-OH is 1. The van der Waals surface area contributed by atoms with E-state index in [1.807, 2.05) is 12.1 Å². The number of hydrogen-bond donors (Lipinski definition) is 3. The molecule has 104 valence electrons. The van der Waals surface area contributed by atoms with Crippen molar-refractivity contribution in [2.75, 3.05) is 18.5 Å². The maximum absolute atomic E-state index is 11.8. The summed E-state index contributed by atoms with van der Waals surface area (Å²) in [6, 6.07) is 7.39. The van der Waals surface area contributed by atoms with E-state index in [-0.39, 0.29) is 31.0 Å². The first-order chi connectivity index (χ1) is 9.20. The predicted molar refractivity (Wildman–Crippen MR) is 76.3 cm³/mol. The molecule has 2 unspecified atom stereocenters. The molecule has 1 fully saturated rings. The van der Waals surface area contributed by atoms with Crippen molar-refractivity contribution < 1.29 is 9.90 Å². The minimum absolute atomic E-state index is 0.114. The molecule has 1 aromatic carbocycles. The van der Waals surface area contributed by atoms with Crippen LogP contribution in [0, 0.1) is 5.92 Å². The number of para-hydroxylation sites is 1. The number of carbonyl (C=O) groups is 1. The molecule has 0 aromatic heterocycles. The summed E-state index contributed by atoms with van der Waals surface area (Å²) >= 11 is 5.97. The lowest BCUT2D eigenvalue weighted by atomic mass is 10.1. The second-order valence-corrected chi connectivity index (χ2v) is 5.30. The molecule has 1 saturated carbocycles. The number of rotatable bonds is 5.